The Bertz CT molecular complexity index is 769. The van der Waals surface area contributed by atoms with Crippen LogP contribution in [0.1, 0.15) is 18.3 Å². The van der Waals surface area contributed by atoms with Crippen molar-refractivity contribution < 1.29 is 5.11 Å². The minimum atomic E-state index is 0.172. The van der Waals surface area contributed by atoms with Crippen LogP contribution < -0.4 is 0 Å². The van der Waals surface area contributed by atoms with Crippen LogP contribution in [-0.2, 0) is 0 Å². The van der Waals surface area contributed by atoms with Crippen molar-refractivity contribution in [1.82, 2.24) is 9.97 Å². The molecule has 0 bridgehead atoms. The van der Waals surface area contributed by atoms with E-state index in [9.17, 15) is 5.11 Å². The summed E-state index contributed by atoms with van der Waals surface area (Å²) in [5.41, 5.74) is 4.24. The third kappa shape index (κ3) is 2.28. The van der Waals surface area contributed by atoms with E-state index in [0.29, 0.717) is 11.5 Å². The standard InChI is InChI=1S/C16H15N3O/c1-10-7-8-15(20)14(9-10)17-11(2)16-18-12-5-3-4-6-13(12)19-16/h3-9,20H,1-2H3,(H,18,19). The van der Waals surface area contributed by atoms with Crippen LogP contribution in [0.2, 0.25) is 0 Å². The second kappa shape index (κ2) is 4.81. The van der Waals surface area contributed by atoms with Crippen LogP contribution in [0.15, 0.2) is 47.5 Å². The van der Waals surface area contributed by atoms with Gasteiger partial charge in [0.1, 0.15) is 11.4 Å². The van der Waals surface area contributed by atoms with Crippen LogP contribution in [0.25, 0.3) is 11.0 Å². The molecule has 100 valence electrons. The van der Waals surface area contributed by atoms with Crippen LogP contribution in [0.4, 0.5) is 5.69 Å². The van der Waals surface area contributed by atoms with E-state index < -0.39 is 0 Å². The lowest BCUT2D eigenvalue weighted by atomic mass is 10.2. The molecule has 20 heavy (non-hydrogen) atoms. The van der Waals surface area contributed by atoms with Gasteiger partial charge in [-0.05, 0) is 43.7 Å². The van der Waals surface area contributed by atoms with Crippen LogP contribution in [-0.4, -0.2) is 20.8 Å². The van der Waals surface area contributed by atoms with Gasteiger partial charge in [-0.1, -0.05) is 18.2 Å². The van der Waals surface area contributed by atoms with Crippen molar-refractivity contribution in [3.63, 3.8) is 0 Å². The molecule has 0 fully saturated rings. The maximum absolute atomic E-state index is 9.83. The molecule has 0 saturated carbocycles. The summed E-state index contributed by atoms with van der Waals surface area (Å²) in [6.07, 6.45) is 0. The molecule has 0 radical (unpaired) electrons. The number of rotatable bonds is 2. The highest BCUT2D eigenvalue weighted by Gasteiger charge is 2.06. The monoisotopic (exact) mass is 265 g/mol. The van der Waals surface area contributed by atoms with Gasteiger partial charge in [-0.15, -0.1) is 0 Å². The van der Waals surface area contributed by atoms with Crippen LogP contribution in [0.5, 0.6) is 5.75 Å². The van der Waals surface area contributed by atoms with Gasteiger partial charge < -0.3 is 10.1 Å². The van der Waals surface area contributed by atoms with Gasteiger partial charge in [-0.2, -0.15) is 0 Å². The summed E-state index contributed by atoms with van der Waals surface area (Å²) in [5.74, 6) is 0.887. The van der Waals surface area contributed by atoms with Crippen molar-refractivity contribution in [2.45, 2.75) is 13.8 Å². The van der Waals surface area contributed by atoms with Gasteiger partial charge in [-0.3, -0.25) is 0 Å². The van der Waals surface area contributed by atoms with E-state index in [1.54, 1.807) is 6.07 Å². The number of imidazole rings is 1. The van der Waals surface area contributed by atoms with Gasteiger partial charge in [-0.25, -0.2) is 9.98 Å². The number of aromatic amines is 1. The summed E-state index contributed by atoms with van der Waals surface area (Å²) >= 11 is 0. The van der Waals surface area contributed by atoms with E-state index in [-0.39, 0.29) is 5.75 Å². The fraction of sp³-hybridized carbons (Fsp3) is 0.125. The van der Waals surface area contributed by atoms with Gasteiger partial charge in [0.25, 0.3) is 0 Å². The smallest absolute Gasteiger partial charge is 0.152 e. The molecule has 2 N–H and O–H groups in total. The lowest BCUT2D eigenvalue weighted by Crippen LogP contribution is -1.96. The zero-order valence-electron chi connectivity index (χ0n) is 11.4. The molecule has 0 spiro atoms. The van der Waals surface area contributed by atoms with E-state index >= 15 is 0 Å². The average molecular weight is 265 g/mol. The Hall–Kier alpha value is -2.62. The molecule has 0 atom stereocenters. The van der Waals surface area contributed by atoms with Crippen LogP contribution in [0.3, 0.4) is 0 Å². The summed E-state index contributed by atoms with van der Waals surface area (Å²) in [7, 11) is 0. The zero-order valence-corrected chi connectivity index (χ0v) is 11.4. The first-order chi connectivity index (χ1) is 9.63. The predicted molar refractivity (Wildman–Crippen MR) is 80.8 cm³/mol. The second-order valence-electron chi connectivity index (χ2n) is 4.79. The number of benzene rings is 2. The van der Waals surface area contributed by atoms with Crippen molar-refractivity contribution in [2.75, 3.05) is 0 Å². The molecule has 4 nitrogen and oxygen atoms in total. The van der Waals surface area contributed by atoms with Crippen molar-refractivity contribution in [2.24, 2.45) is 4.99 Å². The molecule has 0 saturated heterocycles. The molecule has 0 aliphatic rings. The highest BCUT2D eigenvalue weighted by atomic mass is 16.3. The molecule has 0 aliphatic heterocycles. The van der Waals surface area contributed by atoms with Crippen LogP contribution >= 0.6 is 0 Å². The summed E-state index contributed by atoms with van der Waals surface area (Å²) in [6, 6.07) is 13.2. The number of phenols is 1. The van der Waals surface area contributed by atoms with Crippen molar-refractivity contribution >= 4 is 22.4 Å². The molecular weight excluding hydrogens is 250 g/mol. The van der Waals surface area contributed by atoms with Crippen molar-refractivity contribution in [3.05, 3.63) is 53.9 Å². The topological polar surface area (TPSA) is 61.3 Å². The Morgan fingerprint density at radius 2 is 2.00 bits per heavy atom. The number of phenolic OH excluding ortho intramolecular Hbond substituents is 1. The number of aliphatic imine (C=N–C) groups is 1. The fourth-order valence-electron chi connectivity index (χ4n) is 2.08. The van der Waals surface area contributed by atoms with Gasteiger partial charge in [0.15, 0.2) is 5.82 Å². The highest BCUT2D eigenvalue weighted by Crippen LogP contribution is 2.27. The Morgan fingerprint density at radius 1 is 1.20 bits per heavy atom. The Balaban J connectivity index is 2.04. The lowest BCUT2D eigenvalue weighted by Gasteiger charge is -2.02. The number of para-hydroxylation sites is 2. The number of hydrogen-bond donors (Lipinski definition) is 2. The quantitative estimate of drug-likeness (QED) is 0.694. The van der Waals surface area contributed by atoms with Crippen molar-refractivity contribution in [3.8, 4) is 5.75 Å². The lowest BCUT2D eigenvalue weighted by molar-refractivity contribution is 0.477. The predicted octanol–water partition coefficient (Wildman–Crippen LogP) is 3.72. The second-order valence-corrected chi connectivity index (χ2v) is 4.79. The molecule has 2 aromatic carbocycles. The number of hydrogen-bond acceptors (Lipinski definition) is 3. The number of fused-ring (bicyclic) bond motifs is 1. The average Bonchev–Trinajstić information content (AvgIpc) is 2.87. The van der Waals surface area contributed by atoms with E-state index in [1.807, 2.05) is 50.2 Å². The highest BCUT2D eigenvalue weighted by molar-refractivity contribution is 5.99. The fourth-order valence-corrected chi connectivity index (χ4v) is 2.08. The number of aromatic nitrogens is 2. The van der Waals surface area contributed by atoms with E-state index in [1.165, 1.54) is 0 Å². The van der Waals surface area contributed by atoms with E-state index in [4.69, 9.17) is 0 Å². The van der Waals surface area contributed by atoms with Crippen molar-refractivity contribution in [1.29, 1.82) is 0 Å². The summed E-state index contributed by atoms with van der Waals surface area (Å²) < 4.78 is 0. The zero-order chi connectivity index (χ0) is 14.1. The van der Waals surface area contributed by atoms with E-state index in [2.05, 4.69) is 15.0 Å². The SMILES string of the molecule is CC(=Nc1cc(C)ccc1O)c1nc2ccccc2[nH]1. The first-order valence-corrected chi connectivity index (χ1v) is 6.43. The van der Waals surface area contributed by atoms with Crippen LogP contribution in [0, 0.1) is 6.92 Å². The number of nitrogens with zero attached hydrogens (tertiary/aromatic N) is 2. The van der Waals surface area contributed by atoms with E-state index in [0.717, 1.165) is 22.3 Å². The maximum Gasteiger partial charge on any atom is 0.152 e. The number of H-pyrrole nitrogens is 1. The molecule has 4 heteroatoms. The molecule has 3 rings (SSSR count). The molecule has 1 heterocycles. The third-order valence-corrected chi connectivity index (χ3v) is 3.15. The third-order valence-electron chi connectivity index (χ3n) is 3.15. The number of aromatic hydroxyl groups is 1. The maximum atomic E-state index is 9.83. The largest absolute Gasteiger partial charge is 0.506 e. The molecule has 3 aromatic rings. The molecule has 0 aliphatic carbocycles. The van der Waals surface area contributed by atoms with Gasteiger partial charge >= 0.3 is 0 Å². The van der Waals surface area contributed by atoms with Gasteiger partial charge in [0.05, 0.1) is 16.7 Å². The first-order valence-electron chi connectivity index (χ1n) is 6.43. The number of nitrogens with one attached hydrogen (secondary N) is 1. The van der Waals surface area contributed by atoms with Gasteiger partial charge in [0.2, 0.25) is 0 Å². The minimum Gasteiger partial charge on any atom is -0.506 e. The Labute approximate surface area is 116 Å². The molecule has 1 aromatic heterocycles. The van der Waals surface area contributed by atoms with Gasteiger partial charge in [0, 0.05) is 0 Å². The molecule has 0 amide bonds. The number of aryl methyl sites for hydroxylation is 1. The molecule has 0 unspecified atom stereocenters. The Morgan fingerprint density at radius 3 is 2.80 bits per heavy atom. The summed E-state index contributed by atoms with van der Waals surface area (Å²) in [6.45, 7) is 3.84. The first kappa shape index (κ1) is 12.4. The Kier molecular flexibility index (Phi) is 2.99. The molecular formula is C16H15N3O. The minimum absolute atomic E-state index is 0.172. The summed E-state index contributed by atoms with van der Waals surface area (Å²) in [5, 5.41) is 9.83. The normalized spacial score (nSPS) is 12.0. The summed E-state index contributed by atoms with van der Waals surface area (Å²) in [4.78, 5) is 12.2.